The average Bonchev–Trinajstić information content (AvgIpc) is 2.62. The predicted molar refractivity (Wildman–Crippen MR) is 115 cm³/mol. The molecule has 7 nitrogen and oxygen atoms in total. The van der Waals surface area contributed by atoms with Crippen LogP contribution in [-0.2, 0) is 23.9 Å². The number of carbonyl (C=O) groups is 2. The van der Waals surface area contributed by atoms with Crippen LogP contribution in [0.3, 0.4) is 0 Å². The largest absolute Gasteiger partial charge is 0.544 e. The summed E-state index contributed by atoms with van der Waals surface area (Å²) in [6.07, 6.45) is -2.72. The van der Waals surface area contributed by atoms with Crippen LogP contribution in [0.25, 0.3) is 0 Å². The minimum absolute atomic E-state index is 0.0596. The quantitative estimate of drug-likeness (QED) is 0.194. The molecular formula is C18H13F2I2O7S-. The normalized spacial score (nSPS) is 13.0. The molecular weight excluding hydrogens is 652 g/mol. The van der Waals surface area contributed by atoms with Crippen LogP contribution in [-0.4, -0.2) is 26.3 Å². The van der Waals surface area contributed by atoms with Gasteiger partial charge < -0.3 is 14.6 Å². The van der Waals surface area contributed by atoms with Gasteiger partial charge >= 0.3 is 11.9 Å². The molecule has 1 unspecified atom stereocenters. The number of hydrogen-bond donors (Lipinski definition) is 0. The minimum atomic E-state index is -4.76. The molecule has 0 aliphatic heterocycles. The number of carboxylic acid groups (broad SMARTS) is 1. The van der Waals surface area contributed by atoms with Gasteiger partial charge in [-0.25, -0.2) is 0 Å². The van der Waals surface area contributed by atoms with Crippen molar-refractivity contribution in [2.24, 2.45) is 0 Å². The van der Waals surface area contributed by atoms with Gasteiger partial charge in [0.2, 0.25) is 0 Å². The summed E-state index contributed by atoms with van der Waals surface area (Å²) in [5.41, 5.74) is 0.264. The van der Waals surface area contributed by atoms with Gasteiger partial charge in [-0.3, -0.25) is 8.98 Å². The van der Waals surface area contributed by atoms with Crippen LogP contribution >= 0.6 is 45.2 Å². The van der Waals surface area contributed by atoms with Crippen LogP contribution < -0.4 is 9.84 Å². The summed E-state index contributed by atoms with van der Waals surface area (Å²) in [5.74, 6) is -8.09. The summed E-state index contributed by atoms with van der Waals surface area (Å²) in [4.78, 5) is 21.9. The maximum Gasteiger partial charge on any atom is 0.318 e. The van der Waals surface area contributed by atoms with E-state index in [4.69, 9.17) is 8.92 Å². The molecule has 0 bridgehead atoms. The maximum atomic E-state index is 14.4. The van der Waals surface area contributed by atoms with Gasteiger partial charge in [-0.15, -0.1) is 0 Å². The number of aryl methyl sites for hydroxylation is 1. The average molecular weight is 665 g/mol. The lowest BCUT2D eigenvalue weighted by Crippen LogP contribution is -2.47. The van der Waals surface area contributed by atoms with Crippen molar-refractivity contribution in [3.05, 3.63) is 54.7 Å². The Hall–Kier alpha value is -1.39. The number of esters is 1. The number of carboxylic acids is 1. The van der Waals surface area contributed by atoms with Crippen LogP contribution in [0.2, 0.25) is 0 Å². The molecule has 0 aliphatic rings. The monoisotopic (exact) mass is 665 g/mol. The summed E-state index contributed by atoms with van der Waals surface area (Å²) in [6, 6.07) is 7.26. The zero-order valence-corrected chi connectivity index (χ0v) is 20.5. The van der Waals surface area contributed by atoms with Crippen LogP contribution in [0.5, 0.6) is 5.75 Å². The van der Waals surface area contributed by atoms with E-state index < -0.39 is 44.5 Å². The molecule has 0 saturated heterocycles. The first-order chi connectivity index (χ1) is 13.8. The van der Waals surface area contributed by atoms with Gasteiger partial charge in [0.1, 0.15) is 5.97 Å². The Bertz CT molecular complexity index is 1060. The van der Waals surface area contributed by atoms with Crippen molar-refractivity contribution in [2.45, 2.75) is 30.8 Å². The molecule has 0 fully saturated rings. The van der Waals surface area contributed by atoms with Gasteiger partial charge in [-0.2, -0.15) is 17.2 Å². The zero-order chi connectivity index (χ0) is 22.9. The van der Waals surface area contributed by atoms with E-state index in [-0.39, 0.29) is 12.9 Å². The molecule has 2 aromatic rings. The number of alkyl halides is 2. The fourth-order valence-corrected chi connectivity index (χ4v) is 5.39. The summed E-state index contributed by atoms with van der Waals surface area (Å²) >= 11 is 3.36. The van der Waals surface area contributed by atoms with Gasteiger partial charge in [0.15, 0.2) is 11.9 Å². The first-order valence-electron chi connectivity index (χ1n) is 8.02. The van der Waals surface area contributed by atoms with Crippen molar-refractivity contribution in [1.82, 2.24) is 0 Å². The Morgan fingerprint density at radius 2 is 1.60 bits per heavy atom. The van der Waals surface area contributed by atoms with E-state index in [9.17, 15) is 31.9 Å². The molecule has 0 aliphatic carbocycles. The molecule has 1 atom stereocenters. The highest BCUT2D eigenvalue weighted by molar-refractivity contribution is 14.1. The highest BCUT2D eigenvalue weighted by atomic mass is 127. The predicted octanol–water partition coefficient (Wildman–Crippen LogP) is 2.96. The van der Waals surface area contributed by atoms with Crippen molar-refractivity contribution >= 4 is 67.2 Å². The lowest BCUT2D eigenvalue weighted by molar-refractivity contribution is -0.335. The van der Waals surface area contributed by atoms with Crippen LogP contribution in [0, 0.1) is 14.1 Å². The van der Waals surface area contributed by atoms with E-state index in [2.05, 4.69) is 0 Å². The molecule has 0 amide bonds. The third-order valence-electron chi connectivity index (χ3n) is 3.70. The molecule has 0 heterocycles. The van der Waals surface area contributed by atoms with E-state index in [0.29, 0.717) is 0 Å². The Kier molecular flexibility index (Phi) is 7.79. The molecule has 2 aromatic carbocycles. The molecule has 0 aromatic heterocycles. The third kappa shape index (κ3) is 5.64. The van der Waals surface area contributed by atoms with E-state index >= 15 is 0 Å². The van der Waals surface area contributed by atoms with Gasteiger partial charge in [0, 0.05) is 6.92 Å². The number of benzene rings is 2. The van der Waals surface area contributed by atoms with Crippen molar-refractivity contribution in [2.75, 3.05) is 0 Å². The lowest BCUT2D eigenvalue weighted by atomic mass is 10.0. The highest BCUT2D eigenvalue weighted by Gasteiger charge is 2.47. The fourth-order valence-electron chi connectivity index (χ4n) is 2.29. The van der Waals surface area contributed by atoms with Crippen LogP contribution in [0.1, 0.15) is 24.2 Å². The first kappa shape index (κ1) is 24.9. The number of rotatable bonds is 7. The Labute approximate surface area is 198 Å². The molecule has 2 rings (SSSR count). The number of aliphatic carboxylic acids is 1. The van der Waals surface area contributed by atoms with E-state index in [0.717, 1.165) is 36.8 Å². The Morgan fingerprint density at radius 1 is 1.10 bits per heavy atom. The molecule has 0 spiro atoms. The summed E-state index contributed by atoms with van der Waals surface area (Å²) < 4.78 is 64.0. The fraction of sp³-hybridized carbons (Fsp3) is 0.222. The zero-order valence-electron chi connectivity index (χ0n) is 15.3. The number of ether oxygens (including phenoxy) is 1. The standard InChI is InChI=1S/C18H14F2I2O7S/c1-9-3-5-12(6-4-9)30(26,27)29-16(18(19,20)17(24)25)11-7-13(21)15(14(22)8-11)28-10(2)23/h3-8,16H,1-2H3,(H,24,25)/p-1. The van der Waals surface area contributed by atoms with E-state index in [1.165, 1.54) is 12.1 Å². The first-order valence-corrected chi connectivity index (χ1v) is 11.6. The van der Waals surface area contributed by atoms with Gasteiger partial charge in [0.05, 0.1) is 12.0 Å². The molecule has 30 heavy (non-hydrogen) atoms. The highest BCUT2D eigenvalue weighted by Crippen LogP contribution is 2.40. The van der Waals surface area contributed by atoms with Crippen LogP contribution in [0.4, 0.5) is 8.78 Å². The number of halogens is 4. The van der Waals surface area contributed by atoms with Crippen molar-refractivity contribution in [3.63, 3.8) is 0 Å². The van der Waals surface area contributed by atoms with Gasteiger partial charge in [-0.1, -0.05) is 17.7 Å². The SMILES string of the molecule is CC(=O)Oc1c(I)cc(C(OS(=O)(=O)c2ccc(C)cc2)C(F)(F)C(=O)[O-])cc1I. The van der Waals surface area contributed by atoms with Gasteiger partial charge in [-0.05, 0) is 81.9 Å². The summed E-state index contributed by atoms with van der Waals surface area (Å²) in [7, 11) is -4.76. The molecule has 0 saturated carbocycles. The maximum absolute atomic E-state index is 14.4. The second-order valence-corrected chi connectivity index (χ2v) is 9.96. The number of carbonyl (C=O) groups excluding carboxylic acids is 2. The van der Waals surface area contributed by atoms with Crippen molar-refractivity contribution in [1.29, 1.82) is 0 Å². The Balaban J connectivity index is 2.58. The molecule has 0 radical (unpaired) electrons. The second kappa shape index (κ2) is 9.40. The third-order valence-corrected chi connectivity index (χ3v) is 6.60. The van der Waals surface area contributed by atoms with E-state index in [1.54, 1.807) is 52.1 Å². The smallest absolute Gasteiger partial charge is 0.318 e. The molecule has 12 heteroatoms. The summed E-state index contributed by atoms with van der Waals surface area (Å²) in [5, 5.41) is 11.1. The van der Waals surface area contributed by atoms with Crippen molar-refractivity contribution < 1.29 is 40.8 Å². The van der Waals surface area contributed by atoms with Gasteiger partial charge in [0.25, 0.3) is 10.1 Å². The second-order valence-electron chi connectivity index (χ2n) is 6.06. The topological polar surface area (TPSA) is 110 Å². The summed E-state index contributed by atoms with van der Waals surface area (Å²) in [6.45, 7) is 2.84. The molecule has 0 N–H and O–H groups in total. The van der Waals surface area contributed by atoms with E-state index in [1.807, 2.05) is 0 Å². The minimum Gasteiger partial charge on any atom is -0.544 e. The Morgan fingerprint density at radius 3 is 2.03 bits per heavy atom. The van der Waals surface area contributed by atoms with Crippen molar-refractivity contribution in [3.8, 4) is 5.75 Å². The molecule has 162 valence electrons. The lowest BCUT2D eigenvalue weighted by Gasteiger charge is -2.28. The number of hydrogen-bond acceptors (Lipinski definition) is 7. The van der Waals surface area contributed by atoms with Crippen LogP contribution in [0.15, 0.2) is 41.3 Å².